The molecule has 0 spiro atoms. The van der Waals surface area contributed by atoms with Crippen LogP contribution in [0.5, 0.6) is 5.75 Å². The van der Waals surface area contributed by atoms with Crippen molar-refractivity contribution in [2.45, 2.75) is 4.90 Å². The summed E-state index contributed by atoms with van der Waals surface area (Å²) < 4.78 is 41.7. The summed E-state index contributed by atoms with van der Waals surface area (Å²) in [7, 11) is -3.61. The summed E-state index contributed by atoms with van der Waals surface area (Å²) in [6, 6.07) is 14.8. The fourth-order valence-corrected chi connectivity index (χ4v) is 3.82. The molecular formula is C21H14ClFO5S. The number of ether oxygens (including phenoxy) is 1. The van der Waals surface area contributed by atoms with E-state index in [1.54, 1.807) is 0 Å². The Morgan fingerprint density at radius 2 is 1.38 bits per heavy atom. The van der Waals surface area contributed by atoms with Crippen molar-refractivity contribution in [2.24, 2.45) is 0 Å². The van der Waals surface area contributed by atoms with E-state index < -0.39 is 21.6 Å². The second-order valence-corrected chi connectivity index (χ2v) is 8.56. The maximum absolute atomic E-state index is 13.0. The number of carbonyl (C=O) groups is 2. The number of halogens is 2. The number of hydrogen-bond acceptors (Lipinski definition) is 5. The van der Waals surface area contributed by atoms with Crippen LogP contribution in [0.1, 0.15) is 26.3 Å². The summed E-state index contributed by atoms with van der Waals surface area (Å²) in [6.07, 6.45) is 0.986. The molecule has 0 N–H and O–H groups in total. The lowest BCUT2D eigenvalue weighted by Gasteiger charge is -2.08. The van der Waals surface area contributed by atoms with E-state index in [4.69, 9.17) is 16.3 Å². The fourth-order valence-electron chi connectivity index (χ4n) is 2.52. The normalized spacial score (nSPS) is 11.1. The Kier molecular flexibility index (Phi) is 5.81. The molecule has 0 saturated heterocycles. The number of benzene rings is 3. The minimum atomic E-state index is -3.61. The molecule has 0 amide bonds. The van der Waals surface area contributed by atoms with Crippen molar-refractivity contribution in [1.29, 1.82) is 0 Å². The predicted octanol–water partition coefficient (Wildman–Crippen LogP) is 4.33. The molecule has 8 heteroatoms. The maximum atomic E-state index is 13.0. The average molecular weight is 433 g/mol. The summed E-state index contributed by atoms with van der Waals surface area (Å²) in [5.74, 6) is -1.35. The van der Waals surface area contributed by atoms with Gasteiger partial charge < -0.3 is 4.74 Å². The first-order valence-corrected chi connectivity index (χ1v) is 10.5. The van der Waals surface area contributed by atoms with Crippen LogP contribution in [-0.2, 0) is 9.84 Å². The third-order valence-electron chi connectivity index (χ3n) is 4.00. The van der Waals surface area contributed by atoms with E-state index in [0.29, 0.717) is 11.1 Å². The molecule has 3 aromatic rings. The van der Waals surface area contributed by atoms with E-state index in [1.165, 1.54) is 60.7 Å². The van der Waals surface area contributed by atoms with Crippen LogP contribution in [0.3, 0.4) is 0 Å². The largest absolute Gasteiger partial charge is 0.423 e. The molecule has 3 rings (SSSR count). The molecule has 0 saturated carbocycles. The Bertz CT molecular complexity index is 1190. The van der Waals surface area contributed by atoms with Gasteiger partial charge in [-0.15, -0.1) is 0 Å². The summed E-state index contributed by atoms with van der Waals surface area (Å²) >= 11 is 5.87. The molecule has 0 aliphatic rings. The molecule has 29 heavy (non-hydrogen) atoms. The lowest BCUT2D eigenvalue weighted by atomic mass is 10.0. The quantitative estimate of drug-likeness (QED) is 0.340. The van der Waals surface area contributed by atoms with E-state index in [-0.39, 0.29) is 27.0 Å². The number of hydrogen-bond donors (Lipinski definition) is 0. The molecule has 0 aromatic heterocycles. The van der Waals surface area contributed by atoms with E-state index in [2.05, 4.69) is 0 Å². The molecule has 0 radical (unpaired) electrons. The summed E-state index contributed by atoms with van der Waals surface area (Å²) in [4.78, 5) is 24.5. The molecular weight excluding hydrogens is 419 g/mol. The van der Waals surface area contributed by atoms with Crippen molar-refractivity contribution < 1.29 is 27.1 Å². The zero-order chi connectivity index (χ0) is 21.2. The Morgan fingerprint density at radius 3 is 1.93 bits per heavy atom. The first kappa shape index (κ1) is 20.7. The lowest BCUT2D eigenvalue weighted by molar-refractivity contribution is 0.0734. The van der Waals surface area contributed by atoms with Crippen molar-refractivity contribution in [2.75, 3.05) is 6.26 Å². The van der Waals surface area contributed by atoms with E-state index in [9.17, 15) is 22.4 Å². The lowest BCUT2D eigenvalue weighted by Crippen LogP contribution is -2.10. The number of sulfone groups is 1. The van der Waals surface area contributed by atoms with Crippen molar-refractivity contribution in [3.63, 3.8) is 0 Å². The monoisotopic (exact) mass is 432 g/mol. The Balaban J connectivity index is 1.77. The highest BCUT2D eigenvalue weighted by Gasteiger charge is 2.17. The van der Waals surface area contributed by atoms with Crippen molar-refractivity contribution in [3.05, 3.63) is 94.3 Å². The number of rotatable bonds is 5. The molecule has 0 atom stereocenters. The maximum Gasteiger partial charge on any atom is 0.343 e. The molecule has 0 unspecified atom stereocenters. The molecule has 3 aromatic carbocycles. The van der Waals surface area contributed by atoms with E-state index >= 15 is 0 Å². The highest BCUT2D eigenvalue weighted by atomic mass is 35.5. The van der Waals surface area contributed by atoms with Gasteiger partial charge in [-0.05, 0) is 66.7 Å². The third-order valence-corrected chi connectivity index (χ3v) is 5.58. The van der Waals surface area contributed by atoms with Crippen LogP contribution in [0.15, 0.2) is 71.6 Å². The second kappa shape index (κ2) is 8.14. The van der Waals surface area contributed by atoms with Crippen LogP contribution < -0.4 is 4.74 Å². The molecule has 0 aliphatic heterocycles. The first-order chi connectivity index (χ1) is 13.6. The van der Waals surface area contributed by atoms with Gasteiger partial charge in [-0.2, -0.15) is 0 Å². The molecule has 0 heterocycles. The first-order valence-electron chi connectivity index (χ1n) is 8.27. The van der Waals surface area contributed by atoms with Gasteiger partial charge in [-0.25, -0.2) is 17.6 Å². The fraction of sp³-hybridized carbons (Fsp3) is 0.0476. The van der Waals surface area contributed by atoms with Gasteiger partial charge in [-0.1, -0.05) is 11.6 Å². The average Bonchev–Trinajstić information content (AvgIpc) is 2.68. The number of esters is 1. The topological polar surface area (TPSA) is 77.5 Å². The van der Waals surface area contributed by atoms with Gasteiger partial charge in [0.1, 0.15) is 11.6 Å². The predicted molar refractivity (Wildman–Crippen MR) is 106 cm³/mol. The van der Waals surface area contributed by atoms with Crippen LogP contribution in [0.2, 0.25) is 5.02 Å². The molecule has 0 bridgehead atoms. The highest BCUT2D eigenvalue weighted by Crippen LogP contribution is 2.24. The third kappa shape index (κ3) is 4.88. The van der Waals surface area contributed by atoms with Gasteiger partial charge in [0.25, 0.3) is 0 Å². The van der Waals surface area contributed by atoms with Crippen LogP contribution in [-0.4, -0.2) is 26.4 Å². The Labute approximate surface area is 171 Å². The van der Waals surface area contributed by atoms with Crippen molar-refractivity contribution >= 4 is 33.2 Å². The van der Waals surface area contributed by atoms with Gasteiger partial charge in [0.05, 0.1) is 15.5 Å². The van der Waals surface area contributed by atoms with Gasteiger partial charge in [0, 0.05) is 17.4 Å². The summed E-state index contributed by atoms with van der Waals surface area (Å²) in [6.45, 7) is 0. The zero-order valence-electron chi connectivity index (χ0n) is 15.1. The van der Waals surface area contributed by atoms with Crippen LogP contribution in [0.25, 0.3) is 0 Å². The van der Waals surface area contributed by atoms with Crippen molar-refractivity contribution in [3.8, 4) is 5.75 Å². The Morgan fingerprint density at radius 1 is 0.862 bits per heavy atom. The van der Waals surface area contributed by atoms with Crippen LogP contribution >= 0.6 is 11.6 Å². The minimum Gasteiger partial charge on any atom is -0.423 e. The SMILES string of the molecule is CS(=O)(=O)c1cc(C(=O)Oc2ccc(C(=O)c3ccc(F)cc3)cc2)ccc1Cl. The smallest absolute Gasteiger partial charge is 0.343 e. The molecule has 0 aliphatic carbocycles. The van der Waals surface area contributed by atoms with Gasteiger partial charge in [0.15, 0.2) is 15.6 Å². The zero-order valence-corrected chi connectivity index (χ0v) is 16.6. The second-order valence-electron chi connectivity index (χ2n) is 6.17. The van der Waals surface area contributed by atoms with Gasteiger partial charge in [0.2, 0.25) is 0 Å². The number of carbonyl (C=O) groups excluding carboxylic acids is 2. The molecule has 5 nitrogen and oxygen atoms in total. The number of ketones is 1. The van der Waals surface area contributed by atoms with Crippen LogP contribution in [0.4, 0.5) is 4.39 Å². The summed E-state index contributed by atoms with van der Waals surface area (Å²) in [5.41, 5.74) is 0.675. The minimum absolute atomic E-state index is 0.00714. The van der Waals surface area contributed by atoms with E-state index in [0.717, 1.165) is 12.3 Å². The summed E-state index contributed by atoms with van der Waals surface area (Å²) in [5, 5.41) is 0.00714. The van der Waals surface area contributed by atoms with Crippen LogP contribution in [0, 0.1) is 5.82 Å². The Hall–Kier alpha value is -3.03. The van der Waals surface area contributed by atoms with Crippen molar-refractivity contribution in [1.82, 2.24) is 0 Å². The molecule has 0 fully saturated rings. The molecule has 148 valence electrons. The van der Waals surface area contributed by atoms with Gasteiger partial charge >= 0.3 is 5.97 Å². The van der Waals surface area contributed by atoms with Gasteiger partial charge in [-0.3, -0.25) is 4.79 Å². The van der Waals surface area contributed by atoms with E-state index in [1.807, 2.05) is 0 Å². The highest BCUT2D eigenvalue weighted by molar-refractivity contribution is 7.90. The standard InChI is InChI=1S/C21H14ClFO5S/c1-29(26,27)19-12-15(6-11-18(19)22)21(25)28-17-9-4-14(5-10-17)20(24)13-2-7-16(23)8-3-13/h2-12H,1H3.